The van der Waals surface area contributed by atoms with Gasteiger partial charge in [0.05, 0.1) is 35.0 Å². The van der Waals surface area contributed by atoms with Crippen molar-refractivity contribution in [2.75, 3.05) is 6.61 Å². The molecule has 0 spiro atoms. The van der Waals surface area contributed by atoms with E-state index in [1.54, 1.807) is 19.1 Å². The van der Waals surface area contributed by atoms with Crippen LogP contribution in [0.2, 0.25) is 0 Å². The Labute approximate surface area is 179 Å². The summed E-state index contributed by atoms with van der Waals surface area (Å²) in [5.74, 6) is -1.45. The number of halogens is 2. The van der Waals surface area contributed by atoms with E-state index in [4.69, 9.17) is 4.74 Å². The molecule has 2 N–H and O–H groups in total. The number of benzene rings is 1. The lowest BCUT2D eigenvalue weighted by atomic mass is 10.1. The molecule has 0 radical (unpaired) electrons. The van der Waals surface area contributed by atoms with Crippen LogP contribution in [-0.4, -0.2) is 33.3 Å². The maximum Gasteiger partial charge on any atom is 0.255 e. The number of unbranched alkanes of at least 4 members (excludes halogenated alkanes) is 1. The summed E-state index contributed by atoms with van der Waals surface area (Å²) in [5.41, 5.74) is 2.00. The molecule has 1 amide bonds. The maximum atomic E-state index is 13.9. The summed E-state index contributed by atoms with van der Waals surface area (Å²) >= 11 is 0. The molecule has 3 rings (SSSR count). The normalized spacial score (nSPS) is 12.2. The molecule has 1 aromatic carbocycles. The van der Waals surface area contributed by atoms with E-state index < -0.39 is 11.6 Å². The van der Waals surface area contributed by atoms with Crippen LogP contribution in [0.1, 0.15) is 53.4 Å². The van der Waals surface area contributed by atoms with Crippen LogP contribution in [-0.2, 0) is 6.61 Å². The third kappa shape index (κ3) is 5.02. The zero-order chi connectivity index (χ0) is 22.5. The fourth-order valence-corrected chi connectivity index (χ4v) is 3.48. The molecule has 0 unspecified atom stereocenters. The van der Waals surface area contributed by atoms with Gasteiger partial charge in [-0.1, -0.05) is 25.8 Å². The van der Waals surface area contributed by atoms with Crippen LogP contribution < -0.4 is 10.1 Å². The Balaban J connectivity index is 1.91. The molecule has 3 aromatic rings. The van der Waals surface area contributed by atoms with Crippen molar-refractivity contribution in [3.63, 3.8) is 0 Å². The summed E-state index contributed by atoms with van der Waals surface area (Å²) in [7, 11) is 0. The highest BCUT2D eigenvalue weighted by Crippen LogP contribution is 2.25. The van der Waals surface area contributed by atoms with Crippen molar-refractivity contribution in [3.05, 3.63) is 64.4 Å². The average Bonchev–Trinajstić information content (AvgIpc) is 3.06. The zero-order valence-electron chi connectivity index (χ0n) is 17.9. The summed E-state index contributed by atoms with van der Waals surface area (Å²) in [6.45, 7) is 5.12. The molecular formula is C23H27F2N3O3. The standard InChI is InChI=1S/C23H27F2N3O3/c1-4-5-7-16(12-29)26-23(30)22-15(3)27-28-20(22)10-14(2)11-21(28)31-13-17-18(24)8-6-9-19(17)25/h6,8-11,16,29H,4-5,7,12-13H2,1-3H3,(H,26,30)/t16-/m1/s1. The minimum absolute atomic E-state index is 0.147. The number of amides is 1. The van der Waals surface area contributed by atoms with Gasteiger partial charge < -0.3 is 15.2 Å². The smallest absolute Gasteiger partial charge is 0.255 e. The number of hydrogen-bond donors (Lipinski definition) is 2. The van der Waals surface area contributed by atoms with Gasteiger partial charge in [0, 0.05) is 6.07 Å². The molecule has 0 saturated carbocycles. The Morgan fingerprint density at radius 2 is 1.97 bits per heavy atom. The van der Waals surface area contributed by atoms with Gasteiger partial charge in [-0.25, -0.2) is 8.78 Å². The summed E-state index contributed by atoms with van der Waals surface area (Å²) in [5, 5.41) is 16.9. The molecule has 0 bridgehead atoms. The molecular weight excluding hydrogens is 404 g/mol. The first-order valence-corrected chi connectivity index (χ1v) is 10.3. The number of aromatic nitrogens is 2. The van der Waals surface area contributed by atoms with Gasteiger partial charge in [0.2, 0.25) is 5.88 Å². The van der Waals surface area contributed by atoms with Crippen molar-refractivity contribution in [1.82, 2.24) is 14.9 Å². The third-order valence-electron chi connectivity index (χ3n) is 5.14. The van der Waals surface area contributed by atoms with Gasteiger partial charge in [-0.05, 0) is 44.0 Å². The molecule has 8 heteroatoms. The van der Waals surface area contributed by atoms with Crippen LogP contribution in [0.25, 0.3) is 5.52 Å². The lowest BCUT2D eigenvalue weighted by molar-refractivity contribution is 0.0913. The molecule has 0 aliphatic heterocycles. The molecule has 0 saturated heterocycles. The molecule has 2 aromatic heterocycles. The number of carbonyl (C=O) groups is 1. The summed E-state index contributed by atoms with van der Waals surface area (Å²) in [4.78, 5) is 12.9. The summed E-state index contributed by atoms with van der Waals surface area (Å²) < 4.78 is 35.1. The number of rotatable bonds is 9. The van der Waals surface area contributed by atoms with Gasteiger partial charge in [-0.15, -0.1) is 0 Å². The molecule has 31 heavy (non-hydrogen) atoms. The molecule has 6 nitrogen and oxygen atoms in total. The van der Waals surface area contributed by atoms with Crippen molar-refractivity contribution in [2.45, 2.75) is 52.7 Å². The number of ether oxygens (including phenoxy) is 1. The van der Waals surface area contributed by atoms with Crippen molar-refractivity contribution < 1.29 is 23.4 Å². The maximum absolute atomic E-state index is 13.9. The van der Waals surface area contributed by atoms with Crippen LogP contribution in [0.3, 0.4) is 0 Å². The summed E-state index contributed by atoms with van der Waals surface area (Å²) in [6, 6.07) is 6.78. The number of nitrogens with one attached hydrogen (secondary N) is 1. The van der Waals surface area contributed by atoms with Gasteiger partial charge in [-0.3, -0.25) is 4.79 Å². The number of fused-ring (bicyclic) bond motifs is 1. The van der Waals surface area contributed by atoms with Crippen LogP contribution in [0.15, 0.2) is 30.3 Å². The minimum atomic E-state index is -0.692. The first-order chi connectivity index (χ1) is 14.8. The molecule has 0 aliphatic rings. The molecule has 0 fully saturated rings. The predicted molar refractivity (Wildman–Crippen MR) is 113 cm³/mol. The number of hydrogen-bond acceptors (Lipinski definition) is 4. The van der Waals surface area contributed by atoms with E-state index in [2.05, 4.69) is 10.4 Å². The molecule has 1 atom stereocenters. The van der Waals surface area contributed by atoms with E-state index in [0.717, 1.165) is 18.4 Å². The number of nitrogens with zero attached hydrogens (tertiary/aromatic N) is 2. The average molecular weight is 431 g/mol. The van der Waals surface area contributed by atoms with Crippen LogP contribution in [0.5, 0.6) is 5.88 Å². The van der Waals surface area contributed by atoms with E-state index in [0.29, 0.717) is 23.2 Å². The fourth-order valence-electron chi connectivity index (χ4n) is 3.48. The Hall–Kier alpha value is -3.00. The Kier molecular flexibility index (Phi) is 7.22. The lowest BCUT2D eigenvalue weighted by Crippen LogP contribution is -2.37. The van der Waals surface area contributed by atoms with Gasteiger partial charge in [0.15, 0.2) is 0 Å². The first-order valence-electron chi connectivity index (χ1n) is 10.3. The van der Waals surface area contributed by atoms with Gasteiger partial charge in [0.25, 0.3) is 5.91 Å². The molecule has 2 heterocycles. The fraction of sp³-hybridized carbons (Fsp3) is 0.391. The van der Waals surface area contributed by atoms with E-state index in [1.807, 2.05) is 13.8 Å². The monoisotopic (exact) mass is 431 g/mol. The quantitative estimate of drug-likeness (QED) is 0.535. The number of aliphatic hydroxyl groups is 1. The van der Waals surface area contributed by atoms with Crippen LogP contribution >= 0.6 is 0 Å². The largest absolute Gasteiger partial charge is 0.473 e. The third-order valence-corrected chi connectivity index (χ3v) is 5.14. The second-order valence-electron chi connectivity index (χ2n) is 7.61. The highest BCUT2D eigenvalue weighted by Gasteiger charge is 2.22. The Morgan fingerprint density at radius 3 is 2.61 bits per heavy atom. The Morgan fingerprint density at radius 1 is 1.26 bits per heavy atom. The van der Waals surface area contributed by atoms with E-state index >= 15 is 0 Å². The van der Waals surface area contributed by atoms with Crippen molar-refractivity contribution in [3.8, 4) is 5.88 Å². The van der Waals surface area contributed by atoms with Gasteiger partial charge in [-0.2, -0.15) is 9.61 Å². The SMILES string of the molecule is CCCC[C@H](CO)NC(=O)c1c(C)nn2c(OCc3c(F)cccc3F)cc(C)cc12. The Bertz CT molecular complexity index is 1060. The number of pyridine rings is 1. The highest BCUT2D eigenvalue weighted by atomic mass is 19.1. The van der Waals surface area contributed by atoms with Gasteiger partial charge >= 0.3 is 0 Å². The number of aryl methyl sites for hydroxylation is 2. The van der Waals surface area contributed by atoms with Crippen molar-refractivity contribution in [2.24, 2.45) is 0 Å². The first kappa shape index (κ1) is 22.7. The second-order valence-corrected chi connectivity index (χ2v) is 7.61. The van der Waals surface area contributed by atoms with E-state index in [9.17, 15) is 18.7 Å². The van der Waals surface area contributed by atoms with Crippen LogP contribution in [0, 0.1) is 25.5 Å². The number of carbonyl (C=O) groups excluding carboxylic acids is 1. The lowest BCUT2D eigenvalue weighted by Gasteiger charge is -2.16. The molecule has 0 aliphatic carbocycles. The number of aliphatic hydroxyl groups excluding tert-OH is 1. The molecule has 166 valence electrons. The van der Waals surface area contributed by atoms with Crippen molar-refractivity contribution in [1.29, 1.82) is 0 Å². The second kappa shape index (κ2) is 9.87. The topological polar surface area (TPSA) is 75.9 Å². The zero-order valence-corrected chi connectivity index (χ0v) is 17.9. The van der Waals surface area contributed by atoms with Crippen LogP contribution in [0.4, 0.5) is 8.78 Å². The predicted octanol–water partition coefficient (Wildman–Crippen LogP) is 4.09. The van der Waals surface area contributed by atoms with E-state index in [-0.39, 0.29) is 36.6 Å². The van der Waals surface area contributed by atoms with E-state index in [1.165, 1.54) is 22.7 Å². The summed E-state index contributed by atoms with van der Waals surface area (Å²) in [6.07, 6.45) is 2.53. The minimum Gasteiger partial charge on any atom is -0.473 e. The highest BCUT2D eigenvalue weighted by molar-refractivity contribution is 6.02. The van der Waals surface area contributed by atoms with Gasteiger partial charge in [0.1, 0.15) is 18.2 Å². The van der Waals surface area contributed by atoms with Crippen molar-refractivity contribution >= 4 is 11.4 Å².